The van der Waals surface area contributed by atoms with Crippen molar-refractivity contribution in [2.24, 2.45) is 5.41 Å². The van der Waals surface area contributed by atoms with E-state index in [1.165, 1.54) is 0 Å². The topological polar surface area (TPSA) is 69.6 Å². The molecule has 1 saturated heterocycles. The van der Waals surface area contributed by atoms with Crippen LogP contribution >= 0.6 is 15.9 Å². The van der Waals surface area contributed by atoms with Crippen LogP contribution < -0.4 is 5.32 Å². The van der Waals surface area contributed by atoms with Crippen molar-refractivity contribution in [1.82, 2.24) is 4.90 Å². The SMILES string of the molecule is CC1(C(=O)O)CCN(CC(=O)Nc2ccc(Br)cc2)C1. The largest absolute Gasteiger partial charge is 0.481 e. The van der Waals surface area contributed by atoms with Crippen molar-refractivity contribution in [3.05, 3.63) is 28.7 Å². The Kier molecular flexibility index (Phi) is 4.45. The highest BCUT2D eigenvalue weighted by Gasteiger charge is 2.40. The third-order valence-corrected chi connectivity index (χ3v) is 4.09. The van der Waals surface area contributed by atoms with Gasteiger partial charge in [-0.15, -0.1) is 0 Å². The van der Waals surface area contributed by atoms with E-state index in [0.717, 1.165) is 10.2 Å². The summed E-state index contributed by atoms with van der Waals surface area (Å²) in [6, 6.07) is 7.33. The maximum Gasteiger partial charge on any atom is 0.310 e. The van der Waals surface area contributed by atoms with Crippen LogP contribution in [0.5, 0.6) is 0 Å². The van der Waals surface area contributed by atoms with Gasteiger partial charge in [-0.3, -0.25) is 14.5 Å². The molecule has 1 fully saturated rings. The molecule has 1 amide bonds. The zero-order valence-corrected chi connectivity index (χ0v) is 12.8. The van der Waals surface area contributed by atoms with Crippen LogP contribution in [0.4, 0.5) is 5.69 Å². The number of nitrogens with one attached hydrogen (secondary N) is 1. The van der Waals surface area contributed by atoms with Crippen molar-refractivity contribution in [3.8, 4) is 0 Å². The number of aliphatic carboxylic acids is 1. The molecule has 1 aliphatic rings. The number of amides is 1. The van der Waals surface area contributed by atoms with Gasteiger partial charge in [0.2, 0.25) is 5.91 Å². The number of benzene rings is 1. The number of likely N-dealkylation sites (tertiary alicyclic amines) is 1. The minimum absolute atomic E-state index is 0.123. The molecular weight excluding hydrogens is 324 g/mol. The summed E-state index contributed by atoms with van der Waals surface area (Å²) < 4.78 is 0.951. The highest BCUT2D eigenvalue weighted by molar-refractivity contribution is 9.10. The van der Waals surface area contributed by atoms with Crippen LogP contribution in [0.1, 0.15) is 13.3 Å². The van der Waals surface area contributed by atoms with Gasteiger partial charge in [0.1, 0.15) is 0 Å². The highest BCUT2D eigenvalue weighted by Crippen LogP contribution is 2.29. The van der Waals surface area contributed by atoms with Gasteiger partial charge in [-0.2, -0.15) is 0 Å². The molecule has 20 heavy (non-hydrogen) atoms. The van der Waals surface area contributed by atoms with Crippen LogP contribution in [0.15, 0.2) is 28.7 Å². The van der Waals surface area contributed by atoms with E-state index >= 15 is 0 Å². The summed E-state index contributed by atoms with van der Waals surface area (Å²) in [6.07, 6.45) is 0.577. The summed E-state index contributed by atoms with van der Waals surface area (Å²) >= 11 is 3.33. The normalized spacial score (nSPS) is 22.7. The summed E-state index contributed by atoms with van der Waals surface area (Å²) in [7, 11) is 0. The fourth-order valence-corrected chi connectivity index (χ4v) is 2.57. The predicted octanol–water partition coefficient (Wildman–Crippen LogP) is 2.18. The Bertz CT molecular complexity index is 518. The zero-order valence-electron chi connectivity index (χ0n) is 11.2. The summed E-state index contributed by atoms with van der Waals surface area (Å²) in [5, 5.41) is 12.0. The monoisotopic (exact) mass is 340 g/mol. The Hall–Kier alpha value is -1.40. The van der Waals surface area contributed by atoms with Crippen LogP contribution in [-0.2, 0) is 9.59 Å². The average Bonchev–Trinajstić information content (AvgIpc) is 2.75. The van der Waals surface area contributed by atoms with Gasteiger partial charge in [-0.25, -0.2) is 0 Å². The fourth-order valence-electron chi connectivity index (χ4n) is 2.30. The lowest BCUT2D eigenvalue weighted by Crippen LogP contribution is -2.35. The summed E-state index contributed by atoms with van der Waals surface area (Å²) in [4.78, 5) is 24.9. The first kappa shape index (κ1) is 15.0. The van der Waals surface area contributed by atoms with E-state index in [1.54, 1.807) is 6.92 Å². The number of carboxylic acid groups (broad SMARTS) is 1. The number of hydrogen-bond donors (Lipinski definition) is 2. The molecule has 108 valence electrons. The number of hydrogen-bond acceptors (Lipinski definition) is 3. The third kappa shape index (κ3) is 3.58. The maximum absolute atomic E-state index is 11.9. The fraction of sp³-hybridized carbons (Fsp3) is 0.429. The number of halogens is 1. The van der Waals surface area contributed by atoms with E-state index < -0.39 is 11.4 Å². The van der Waals surface area contributed by atoms with E-state index in [4.69, 9.17) is 5.11 Å². The average molecular weight is 341 g/mol. The maximum atomic E-state index is 11.9. The van der Waals surface area contributed by atoms with Crippen LogP contribution in [0.25, 0.3) is 0 Å². The molecule has 0 radical (unpaired) electrons. The van der Waals surface area contributed by atoms with Crippen molar-refractivity contribution in [2.75, 3.05) is 25.0 Å². The first-order valence-electron chi connectivity index (χ1n) is 6.40. The zero-order chi connectivity index (χ0) is 14.8. The second-order valence-corrected chi connectivity index (χ2v) is 6.30. The third-order valence-electron chi connectivity index (χ3n) is 3.56. The molecule has 2 rings (SSSR count). The van der Waals surface area contributed by atoms with Crippen molar-refractivity contribution in [1.29, 1.82) is 0 Å². The quantitative estimate of drug-likeness (QED) is 0.881. The van der Waals surface area contributed by atoms with Crippen molar-refractivity contribution in [2.45, 2.75) is 13.3 Å². The smallest absolute Gasteiger partial charge is 0.310 e. The number of nitrogens with zero attached hydrogens (tertiary/aromatic N) is 1. The van der Waals surface area contributed by atoms with Gasteiger partial charge < -0.3 is 10.4 Å². The standard InChI is InChI=1S/C14H17BrN2O3/c1-14(13(19)20)6-7-17(9-14)8-12(18)16-11-4-2-10(15)3-5-11/h2-5H,6-9H2,1H3,(H,16,18)(H,19,20). The van der Waals surface area contributed by atoms with E-state index in [9.17, 15) is 9.59 Å². The van der Waals surface area contributed by atoms with Crippen LogP contribution in [-0.4, -0.2) is 41.5 Å². The van der Waals surface area contributed by atoms with E-state index in [0.29, 0.717) is 19.5 Å². The minimum Gasteiger partial charge on any atom is -0.481 e. The highest BCUT2D eigenvalue weighted by atomic mass is 79.9. The molecule has 1 heterocycles. The van der Waals surface area contributed by atoms with Gasteiger partial charge in [0.05, 0.1) is 12.0 Å². The van der Waals surface area contributed by atoms with Crippen LogP contribution in [0.2, 0.25) is 0 Å². The molecule has 0 aliphatic carbocycles. The molecule has 5 nitrogen and oxygen atoms in total. The Labute approximate surface area is 126 Å². The van der Waals surface area contributed by atoms with Crippen molar-refractivity contribution in [3.63, 3.8) is 0 Å². The summed E-state index contributed by atoms with van der Waals surface area (Å²) in [5.41, 5.74) is -0.00358. The summed E-state index contributed by atoms with van der Waals surface area (Å²) in [6.45, 7) is 2.99. The van der Waals surface area contributed by atoms with Gasteiger partial charge in [-0.05, 0) is 44.2 Å². The minimum atomic E-state index is -0.798. The number of carbonyl (C=O) groups is 2. The van der Waals surface area contributed by atoms with E-state index in [2.05, 4.69) is 21.2 Å². The lowest BCUT2D eigenvalue weighted by atomic mass is 9.90. The molecule has 1 unspecified atom stereocenters. The first-order chi connectivity index (χ1) is 9.39. The lowest BCUT2D eigenvalue weighted by Gasteiger charge is -2.19. The predicted molar refractivity (Wildman–Crippen MR) is 79.6 cm³/mol. The number of carbonyl (C=O) groups excluding carboxylic acids is 1. The molecule has 0 saturated carbocycles. The van der Waals surface area contributed by atoms with Gasteiger partial charge >= 0.3 is 5.97 Å². The molecule has 0 aromatic heterocycles. The molecule has 1 aromatic rings. The van der Waals surface area contributed by atoms with Crippen LogP contribution in [0, 0.1) is 5.41 Å². The molecule has 0 spiro atoms. The molecule has 1 aliphatic heterocycles. The van der Waals surface area contributed by atoms with E-state index in [-0.39, 0.29) is 12.5 Å². The van der Waals surface area contributed by atoms with Gasteiger partial charge in [0.15, 0.2) is 0 Å². The van der Waals surface area contributed by atoms with Gasteiger partial charge in [0, 0.05) is 16.7 Å². The van der Waals surface area contributed by atoms with E-state index in [1.807, 2.05) is 29.2 Å². The molecular formula is C14H17BrN2O3. The molecule has 0 bridgehead atoms. The Morgan fingerprint density at radius 3 is 2.60 bits per heavy atom. The van der Waals surface area contributed by atoms with Crippen molar-refractivity contribution >= 4 is 33.5 Å². The van der Waals surface area contributed by atoms with Crippen molar-refractivity contribution < 1.29 is 14.7 Å². The number of rotatable bonds is 4. The molecule has 6 heteroatoms. The Morgan fingerprint density at radius 1 is 1.40 bits per heavy atom. The van der Waals surface area contributed by atoms with Gasteiger partial charge in [-0.1, -0.05) is 15.9 Å². The van der Waals surface area contributed by atoms with Gasteiger partial charge in [0.25, 0.3) is 0 Å². The first-order valence-corrected chi connectivity index (χ1v) is 7.19. The lowest BCUT2D eigenvalue weighted by molar-refractivity contribution is -0.147. The molecule has 2 N–H and O–H groups in total. The second kappa shape index (κ2) is 5.93. The number of anilines is 1. The Morgan fingerprint density at radius 2 is 2.05 bits per heavy atom. The van der Waals surface area contributed by atoms with Crippen LogP contribution in [0.3, 0.4) is 0 Å². The molecule has 1 atom stereocenters. The molecule has 1 aromatic carbocycles. The Balaban J connectivity index is 1.87. The second-order valence-electron chi connectivity index (χ2n) is 5.38. The number of carboxylic acids is 1. The summed E-state index contributed by atoms with van der Waals surface area (Å²) in [5.74, 6) is -0.921.